The van der Waals surface area contributed by atoms with Crippen LogP contribution < -0.4 is 0 Å². The Balaban J connectivity index is 3.10. The van der Waals surface area contributed by atoms with E-state index in [2.05, 4.69) is 27.7 Å². The predicted molar refractivity (Wildman–Crippen MR) is 256 cm³/mol. The lowest BCUT2D eigenvalue weighted by atomic mass is 9.97. The van der Waals surface area contributed by atoms with E-state index in [1.807, 2.05) is 0 Å². The van der Waals surface area contributed by atoms with Crippen LogP contribution in [0.1, 0.15) is 300 Å². The molecule has 0 radical (unpaired) electrons. The van der Waals surface area contributed by atoms with E-state index in [1.165, 1.54) is 141 Å². The van der Waals surface area contributed by atoms with Crippen molar-refractivity contribution in [3.8, 4) is 0 Å². The van der Waals surface area contributed by atoms with Crippen molar-refractivity contribution in [1.29, 1.82) is 0 Å². The minimum absolute atomic E-state index is 0.0940. The molecule has 0 bridgehead atoms. The van der Waals surface area contributed by atoms with Crippen LogP contribution in [-0.4, -0.2) is 50.3 Å². The standard InChI is InChI=1S/C54H94O8/c1-5-9-13-17-21-25-29-33-37-41-59-51(55)47-45-49(53(57)61-43-39-35-31-27-23-19-15-11-7-3)50(54(58)62-44-40-36-32-28-24-20-16-12-8-4)46-48(47)52(56)60-42-38-34-30-26-22-18-14-10-6-2/h45-46H,5-44H2,1-4H3. The normalized spacial score (nSPS) is 11.2. The van der Waals surface area contributed by atoms with Crippen molar-refractivity contribution in [3.63, 3.8) is 0 Å². The highest BCUT2D eigenvalue weighted by molar-refractivity contribution is 6.10. The van der Waals surface area contributed by atoms with Crippen molar-refractivity contribution in [2.24, 2.45) is 0 Å². The van der Waals surface area contributed by atoms with Crippen LogP contribution in [0.3, 0.4) is 0 Å². The minimum atomic E-state index is -0.720. The Morgan fingerprint density at radius 3 is 0.565 bits per heavy atom. The summed E-state index contributed by atoms with van der Waals surface area (Å²) in [6, 6.07) is 2.59. The van der Waals surface area contributed by atoms with Crippen molar-refractivity contribution in [1.82, 2.24) is 0 Å². The summed E-state index contributed by atoms with van der Waals surface area (Å²) >= 11 is 0. The van der Waals surface area contributed by atoms with Crippen molar-refractivity contribution in [2.75, 3.05) is 26.4 Å². The van der Waals surface area contributed by atoms with E-state index in [-0.39, 0.29) is 48.7 Å². The quantitative estimate of drug-likeness (QED) is 0.0363. The highest BCUT2D eigenvalue weighted by Crippen LogP contribution is 2.24. The summed E-state index contributed by atoms with van der Waals surface area (Å²) in [7, 11) is 0. The van der Waals surface area contributed by atoms with Crippen LogP contribution in [0.15, 0.2) is 12.1 Å². The van der Waals surface area contributed by atoms with E-state index in [4.69, 9.17) is 18.9 Å². The summed E-state index contributed by atoms with van der Waals surface area (Å²) in [4.78, 5) is 54.9. The Kier molecular flexibility index (Phi) is 38.8. The topological polar surface area (TPSA) is 105 Å². The highest BCUT2D eigenvalue weighted by Gasteiger charge is 2.29. The fourth-order valence-electron chi connectivity index (χ4n) is 7.90. The number of rotatable bonds is 44. The third kappa shape index (κ3) is 30.2. The number of ether oxygens (including phenoxy) is 4. The van der Waals surface area contributed by atoms with Crippen LogP contribution in [0.25, 0.3) is 0 Å². The first-order chi connectivity index (χ1) is 30.4. The van der Waals surface area contributed by atoms with Gasteiger partial charge in [0.15, 0.2) is 0 Å². The molecule has 1 rings (SSSR count). The first-order valence-corrected chi connectivity index (χ1v) is 26.3. The van der Waals surface area contributed by atoms with Gasteiger partial charge in [-0.05, 0) is 37.8 Å². The summed E-state index contributed by atoms with van der Waals surface area (Å²) in [5.41, 5.74) is -0.376. The minimum Gasteiger partial charge on any atom is -0.462 e. The average molecular weight is 871 g/mol. The Morgan fingerprint density at radius 1 is 0.258 bits per heavy atom. The Bertz CT molecular complexity index is 1070. The maximum atomic E-state index is 13.7. The molecule has 0 fully saturated rings. The molecule has 0 saturated heterocycles. The molecule has 0 heterocycles. The van der Waals surface area contributed by atoms with Crippen LogP contribution in [0, 0.1) is 0 Å². The van der Waals surface area contributed by atoms with Crippen molar-refractivity contribution < 1.29 is 38.1 Å². The van der Waals surface area contributed by atoms with Crippen molar-refractivity contribution >= 4 is 23.9 Å². The van der Waals surface area contributed by atoms with Crippen LogP contribution in [0.4, 0.5) is 0 Å². The van der Waals surface area contributed by atoms with Gasteiger partial charge >= 0.3 is 23.9 Å². The highest BCUT2D eigenvalue weighted by atomic mass is 16.5. The number of hydrogen-bond donors (Lipinski definition) is 0. The predicted octanol–water partition coefficient (Wildman–Crippen LogP) is 16.4. The fraction of sp³-hybridized carbons (Fsp3) is 0.815. The number of carbonyl (C=O) groups excluding carboxylic acids is 4. The Morgan fingerprint density at radius 2 is 0.403 bits per heavy atom. The second-order valence-corrected chi connectivity index (χ2v) is 17.8. The van der Waals surface area contributed by atoms with Gasteiger partial charge in [-0.2, -0.15) is 0 Å². The molecule has 62 heavy (non-hydrogen) atoms. The summed E-state index contributed by atoms with van der Waals surface area (Å²) in [5.74, 6) is -2.88. The van der Waals surface area contributed by atoms with Crippen LogP contribution >= 0.6 is 0 Å². The van der Waals surface area contributed by atoms with E-state index in [9.17, 15) is 19.2 Å². The smallest absolute Gasteiger partial charge is 0.339 e. The lowest BCUT2D eigenvalue weighted by Gasteiger charge is -2.15. The molecule has 8 heteroatoms. The molecule has 0 aromatic heterocycles. The Hall–Kier alpha value is -2.90. The monoisotopic (exact) mass is 871 g/mol. The van der Waals surface area contributed by atoms with Gasteiger partial charge in [0.05, 0.1) is 48.7 Å². The van der Waals surface area contributed by atoms with E-state index < -0.39 is 23.9 Å². The first-order valence-electron chi connectivity index (χ1n) is 26.3. The molecule has 358 valence electrons. The number of benzene rings is 1. The largest absolute Gasteiger partial charge is 0.462 e. The molecule has 8 nitrogen and oxygen atoms in total. The Labute approximate surface area is 380 Å². The molecule has 0 aliphatic heterocycles. The summed E-state index contributed by atoms with van der Waals surface area (Å²) < 4.78 is 22.8. The molecule has 0 aliphatic carbocycles. The van der Waals surface area contributed by atoms with Gasteiger partial charge in [0, 0.05) is 0 Å². The molecule has 0 aliphatic rings. The van der Waals surface area contributed by atoms with E-state index >= 15 is 0 Å². The zero-order chi connectivity index (χ0) is 45.1. The van der Waals surface area contributed by atoms with Gasteiger partial charge in [-0.3, -0.25) is 0 Å². The summed E-state index contributed by atoms with van der Waals surface area (Å²) in [6.07, 6.45) is 40.6. The average Bonchev–Trinajstić information content (AvgIpc) is 3.28. The van der Waals surface area contributed by atoms with E-state index in [0.717, 1.165) is 77.0 Å². The van der Waals surface area contributed by atoms with Gasteiger partial charge in [-0.25, -0.2) is 19.2 Å². The molecule has 1 aromatic rings. The van der Waals surface area contributed by atoms with Gasteiger partial charge in [0.2, 0.25) is 0 Å². The zero-order valence-corrected chi connectivity index (χ0v) is 40.7. The number of unbranched alkanes of at least 4 members (excludes halogenated alkanes) is 32. The first kappa shape index (κ1) is 57.1. The summed E-state index contributed by atoms with van der Waals surface area (Å²) in [5, 5.41) is 0. The molecule has 0 unspecified atom stereocenters. The van der Waals surface area contributed by atoms with E-state index in [1.54, 1.807) is 0 Å². The lowest BCUT2D eigenvalue weighted by Crippen LogP contribution is -2.21. The molecular weight excluding hydrogens is 777 g/mol. The molecule has 1 aromatic carbocycles. The van der Waals surface area contributed by atoms with Crippen LogP contribution in [-0.2, 0) is 18.9 Å². The van der Waals surface area contributed by atoms with Gasteiger partial charge < -0.3 is 18.9 Å². The fourth-order valence-corrected chi connectivity index (χ4v) is 7.90. The maximum absolute atomic E-state index is 13.7. The van der Waals surface area contributed by atoms with Gasteiger partial charge in [0.1, 0.15) is 0 Å². The van der Waals surface area contributed by atoms with Gasteiger partial charge in [0.25, 0.3) is 0 Å². The van der Waals surface area contributed by atoms with Crippen molar-refractivity contribution in [3.05, 3.63) is 34.4 Å². The molecule has 0 amide bonds. The molecule has 0 N–H and O–H groups in total. The molecular formula is C54H94O8. The SMILES string of the molecule is CCCCCCCCCCCOC(=O)c1cc(C(=O)OCCCCCCCCCCC)c(C(=O)OCCCCCCCCCCC)cc1C(=O)OCCCCCCCCCCC. The number of hydrogen-bond acceptors (Lipinski definition) is 8. The second kappa shape index (κ2) is 42.1. The molecule has 0 saturated carbocycles. The van der Waals surface area contributed by atoms with Gasteiger partial charge in [-0.1, -0.05) is 233 Å². The number of esters is 4. The number of carbonyl (C=O) groups is 4. The third-order valence-electron chi connectivity index (χ3n) is 12.0. The van der Waals surface area contributed by atoms with Crippen LogP contribution in [0.5, 0.6) is 0 Å². The van der Waals surface area contributed by atoms with Crippen LogP contribution in [0.2, 0.25) is 0 Å². The lowest BCUT2D eigenvalue weighted by molar-refractivity contribution is 0.0434. The molecule has 0 atom stereocenters. The zero-order valence-electron chi connectivity index (χ0n) is 40.7. The third-order valence-corrected chi connectivity index (χ3v) is 12.0. The second-order valence-electron chi connectivity index (χ2n) is 17.8. The van der Waals surface area contributed by atoms with Crippen molar-refractivity contribution in [2.45, 2.75) is 259 Å². The summed E-state index contributed by atoms with van der Waals surface area (Å²) in [6.45, 7) is 9.68. The van der Waals surface area contributed by atoms with Gasteiger partial charge in [-0.15, -0.1) is 0 Å². The maximum Gasteiger partial charge on any atom is 0.339 e. The van der Waals surface area contributed by atoms with E-state index in [0.29, 0.717) is 25.7 Å². The molecule has 0 spiro atoms.